The maximum Gasteiger partial charge on any atom is 0.271 e. The molecule has 4 aromatic rings. The van der Waals surface area contributed by atoms with Crippen LogP contribution in [0.3, 0.4) is 0 Å². The molecule has 1 aliphatic heterocycles. The van der Waals surface area contributed by atoms with Crippen molar-refractivity contribution in [3.05, 3.63) is 75.7 Å². The number of fused-ring (bicyclic) bond motifs is 2. The Morgan fingerprint density at radius 3 is 2.71 bits per heavy atom. The summed E-state index contributed by atoms with van der Waals surface area (Å²) in [5.74, 6) is 0.529. The zero-order valence-corrected chi connectivity index (χ0v) is 18.1. The topological polar surface area (TPSA) is 64.4 Å². The van der Waals surface area contributed by atoms with Gasteiger partial charge in [0.25, 0.3) is 5.56 Å². The Hall–Kier alpha value is -3.45. The van der Waals surface area contributed by atoms with E-state index >= 15 is 0 Å². The summed E-state index contributed by atoms with van der Waals surface area (Å²) in [7, 11) is 0. The first kappa shape index (κ1) is 19.5. The molecule has 0 radical (unpaired) electrons. The second-order valence-electron chi connectivity index (χ2n) is 7.74. The molecule has 0 unspecified atom stereocenters. The van der Waals surface area contributed by atoms with Crippen LogP contribution in [0.15, 0.2) is 59.0 Å². The fraction of sp³-hybridized carbons (Fsp3) is 0.208. The monoisotopic (exact) mass is 431 g/mol. The molecule has 7 heteroatoms. The van der Waals surface area contributed by atoms with Gasteiger partial charge in [0.15, 0.2) is 0 Å². The van der Waals surface area contributed by atoms with Crippen molar-refractivity contribution < 1.29 is 9.53 Å². The molecule has 6 nitrogen and oxygen atoms in total. The number of hydrogen-bond acceptors (Lipinski definition) is 5. The van der Waals surface area contributed by atoms with E-state index < -0.39 is 0 Å². The number of amides is 1. The van der Waals surface area contributed by atoms with Crippen LogP contribution in [0.5, 0.6) is 5.75 Å². The van der Waals surface area contributed by atoms with Crippen molar-refractivity contribution in [1.29, 1.82) is 0 Å². The molecule has 0 bridgehead atoms. The van der Waals surface area contributed by atoms with E-state index in [4.69, 9.17) is 4.74 Å². The zero-order valence-electron chi connectivity index (χ0n) is 17.3. The van der Waals surface area contributed by atoms with E-state index in [2.05, 4.69) is 4.98 Å². The Kier molecular flexibility index (Phi) is 4.82. The lowest BCUT2D eigenvalue weighted by Crippen LogP contribution is -2.41. The van der Waals surface area contributed by atoms with Crippen molar-refractivity contribution in [3.63, 3.8) is 0 Å². The van der Waals surface area contributed by atoms with Crippen LogP contribution < -0.4 is 15.2 Å². The lowest BCUT2D eigenvalue weighted by Gasteiger charge is -2.30. The molecule has 156 valence electrons. The number of nitrogens with zero attached hydrogens (tertiary/aromatic N) is 3. The third-order valence-corrected chi connectivity index (χ3v) is 6.45. The van der Waals surface area contributed by atoms with Crippen LogP contribution in [0.1, 0.15) is 11.1 Å². The standard InChI is InChI=1S/C24H21N3O3S/c1-15-3-6-17(7-4-15)18-13-31-23-22(18)25-14-26(24(23)29)12-21(28)27-9-10-30-20-8-5-16(2)11-19(20)27/h3-8,11,13-14H,9-10,12H2,1-2H3. The molecule has 0 saturated carbocycles. The Bertz CT molecular complexity index is 1360. The number of thiophene rings is 1. The highest BCUT2D eigenvalue weighted by molar-refractivity contribution is 7.17. The largest absolute Gasteiger partial charge is 0.490 e. The van der Waals surface area contributed by atoms with Crippen molar-refractivity contribution >= 4 is 33.1 Å². The van der Waals surface area contributed by atoms with Gasteiger partial charge in [0.1, 0.15) is 23.6 Å². The summed E-state index contributed by atoms with van der Waals surface area (Å²) in [6.45, 7) is 4.84. The van der Waals surface area contributed by atoms with E-state index in [1.807, 2.05) is 61.7 Å². The van der Waals surface area contributed by atoms with Gasteiger partial charge in [0, 0.05) is 10.9 Å². The molecule has 31 heavy (non-hydrogen) atoms. The minimum atomic E-state index is -0.195. The number of aryl methyl sites for hydroxylation is 2. The molecule has 2 aromatic carbocycles. The maximum atomic E-state index is 13.1. The van der Waals surface area contributed by atoms with Gasteiger partial charge < -0.3 is 9.64 Å². The Balaban J connectivity index is 1.46. The van der Waals surface area contributed by atoms with Crippen LogP contribution in [0.4, 0.5) is 5.69 Å². The summed E-state index contributed by atoms with van der Waals surface area (Å²) >= 11 is 1.37. The number of carbonyl (C=O) groups is 1. The van der Waals surface area contributed by atoms with Gasteiger partial charge in [-0.2, -0.15) is 0 Å². The van der Waals surface area contributed by atoms with Crippen LogP contribution in [0, 0.1) is 13.8 Å². The van der Waals surface area contributed by atoms with Crippen molar-refractivity contribution in [3.8, 4) is 16.9 Å². The molecule has 2 aromatic heterocycles. The van der Waals surface area contributed by atoms with Crippen LogP contribution in [-0.2, 0) is 11.3 Å². The van der Waals surface area contributed by atoms with Crippen molar-refractivity contribution in [2.75, 3.05) is 18.1 Å². The summed E-state index contributed by atoms with van der Waals surface area (Å²) in [5.41, 5.74) is 5.41. The molecule has 3 heterocycles. The Labute approximate surface area is 183 Å². The van der Waals surface area contributed by atoms with Gasteiger partial charge in [0.05, 0.1) is 24.1 Å². The summed E-state index contributed by atoms with van der Waals surface area (Å²) < 4.78 is 7.62. The van der Waals surface area contributed by atoms with E-state index in [1.54, 1.807) is 4.90 Å². The zero-order chi connectivity index (χ0) is 21.5. The Morgan fingerprint density at radius 2 is 1.90 bits per heavy atom. The van der Waals surface area contributed by atoms with Crippen LogP contribution in [-0.4, -0.2) is 28.6 Å². The minimum absolute atomic E-state index is 0.0626. The normalized spacial score (nSPS) is 13.2. The van der Waals surface area contributed by atoms with Gasteiger partial charge in [0.2, 0.25) is 5.91 Å². The highest BCUT2D eigenvalue weighted by Gasteiger charge is 2.24. The van der Waals surface area contributed by atoms with Crippen LogP contribution >= 0.6 is 11.3 Å². The number of anilines is 1. The molecule has 1 amide bonds. The fourth-order valence-corrected chi connectivity index (χ4v) is 4.79. The fourth-order valence-electron chi connectivity index (χ4n) is 3.81. The number of rotatable bonds is 3. The second-order valence-corrected chi connectivity index (χ2v) is 8.62. The second kappa shape index (κ2) is 7.67. The molecule has 0 spiro atoms. The van der Waals surface area contributed by atoms with E-state index in [9.17, 15) is 9.59 Å². The van der Waals surface area contributed by atoms with E-state index in [0.717, 1.165) is 22.4 Å². The molecule has 1 aliphatic rings. The number of ether oxygens (including phenoxy) is 1. The Morgan fingerprint density at radius 1 is 1.13 bits per heavy atom. The van der Waals surface area contributed by atoms with Gasteiger partial charge in [-0.3, -0.25) is 14.2 Å². The predicted molar refractivity (Wildman–Crippen MR) is 123 cm³/mol. The molecule has 0 saturated heterocycles. The molecule has 0 atom stereocenters. The molecular formula is C24H21N3O3S. The van der Waals surface area contributed by atoms with Crippen molar-refractivity contribution in [1.82, 2.24) is 9.55 Å². The van der Waals surface area contributed by atoms with Gasteiger partial charge >= 0.3 is 0 Å². The maximum absolute atomic E-state index is 13.1. The van der Waals surface area contributed by atoms with Gasteiger partial charge in [-0.25, -0.2) is 4.98 Å². The smallest absolute Gasteiger partial charge is 0.271 e. The van der Waals surface area contributed by atoms with E-state index in [-0.39, 0.29) is 18.0 Å². The van der Waals surface area contributed by atoms with Crippen LogP contribution in [0.25, 0.3) is 21.3 Å². The number of hydrogen-bond donors (Lipinski definition) is 0. The number of carbonyl (C=O) groups excluding carboxylic acids is 1. The average molecular weight is 432 g/mol. The predicted octanol–water partition coefficient (Wildman–Crippen LogP) is 4.17. The third-order valence-electron chi connectivity index (χ3n) is 5.49. The summed E-state index contributed by atoms with van der Waals surface area (Å²) in [6, 6.07) is 13.9. The lowest BCUT2D eigenvalue weighted by molar-refractivity contribution is -0.119. The van der Waals surface area contributed by atoms with Crippen molar-refractivity contribution in [2.24, 2.45) is 0 Å². The van der Waals surface area contributed by atoms with Gasteiger partial charge in [-0.15, -0.1) is 11.3 Å². The highest BCUT2D eigenvalue weighted by atomic mass is 32.1. The lowest BCUT2D eigenvalue weighted by atomic mass is 10.1. The van der Waals surface area contributed by atoms with Crippen molar-refractivity contribution in [2.45, 2.75) is 20.4 Å². The summed E-state index contributed by atoms with van der Waals surface area (Å²) in [4.78, 5) is 32.4. The average Bonchev–Trinajstić information content (AvgIpc) is 3.20. The molecule has 0 N–H and O–H groups in total. The summed E-state index contributed by atoms with van der Waals surface area (Å²) in [5, 5.41) is 1.96. The number of benzene rings is 2. The quantitative estimate of drug-likeness (QED) is 0.488. The minimum Gasteiger partial charge on any atom is -0.490 e. The first-order valence-electron chi connectivity index (χ1n) is 10.1. The van der Waals surface area contributed by atoms with Gasteiger partial charge in [-0.05, 0) is 37.1 Å². The third kappa shape index (κ3) is 3.51. The molecule has 0 fully saturated rings. The first-order valence-corrected chi connectivity index (χ1v) is 11.0. The number of aromatic nitrogens is 2. The first-order chi connectivity index (χ1) is 15.0. The summed E-state index contributed by atoms with van der Waals surface area (Å²) in [6.07, 6.45) is 1.48. The van der Waals surface area contributed by atoms with E-state index in [0.29, 0.717) is 29.1 Å². The molecular weight excluding hydrogens is 410 g/mol. The van der Waals surface area contributed by atoms with E-state index in [1.165, 1.54) is 27.8 Å². The molecule has 5 rings (SSSR count). The SMILES string of the molecule is Cc1ccc(-c2csc3c(=O)n(CC(=O)N4CCOc5ccc(C)cc54)cnc23)cc1. The molecule has 0 aliphatic carbocycles. The highest BCUT2D eigenvalue weighted by Crippen LogP contribution is 2.33. The van der Waals surface area contributed by atoms with Gasteiger partial charge in [-0.1, -0.05) is 35.9 Å². The van der Waals surface area contributed by atoms with Crippen LogP contribution in [0.2, 0.25) is 0 Å².